The summed E-state index contributed by atoms with van der Waals surface area (Å²) in [7, 11) is 0. The molecule has 3 aromatic carbocycles. The monoisotopic (exact) mass is 477 g/mol. The summed E-state index contributed by atoms with van der Waals surface area (Å²) in [6.07, 6.45) is -6.23. The van der Waals surface area contributed by atoms with Crippen LogP contribution in [0.1, 0.15) is 29.2 Å². The minimum atomic E-state index is -5.29. The Morgan fingerprint density at radius 1 is 0.667 bits per heavy atom. The molecule has 3 rings (SSSR count). The van der Waals surface area contributed by atoms with Crippen molar-refractivity contribution in [3.8, 4) is 16.9 Å². The lowest BCUT2D eigenvalue weighted by atomic mass is 9.94. The lowest BCUT2D eigenvalue weighted by Gasteiger charge is -2.14. The van der Waals surface area contributed by atoms with Crippen LogP contribution in [0.2, 0.25) is 0 Å². The van der Waals surface area contributed by atoms with Crippen LogP contribution in [-0.2, 0) is 30.5 Å². The van der Waals surface area contributed by atoms with E-state index in [1.165, 1.54) is 0 Å². The molecule has 0 atom stereocenters. The Bertz CT molecular complexity index is 1170. The van der Waals surface area contributed by atoms with E-state index < -0.39 is 81.9 Å². The zero-order chi connectivity index (χ0) is 24.7. The predicted octanol–water partition coefficient (Wildman–Crippen LogP) is 7.70. The van der Waals surface area contributed by atoms with E-state index in [0.29, 0.717) is 18.2 Å². The summed E-state index contributed by atoms with van der Waals surface area (Å²) in [6.45, 7) is 1.61. The molecular formula is C23H14F9O. The van der Waals surface area contributed by atoms with Crippen molar-refractivity contribution in [3.63, 3.8) is 0 Å². The zero-order valence-electron chi connectivity index (χ0n) is 16.8. The highest BCUT2D eigenvalue weighted by Crippen LogP contribution is 2.39. The Labute approximate surface area is 182 Å². The van der Waals surface area contributed by atoms with Crippen molar-refractivity contribution in [2.45, 2.75) is 32.4 Å². The van der Waals surface area contributed by atoms with E-state index in [4.69, 9.17) is 0 Å². The van der Waals surface area contributed by atoms with Gasteiger partial charge in [-0.3, -0.25) is 5.11 Å². The van der Waals surface area contributed by atoms with Gasteiger partial charge in [0, 0.05) is 11.6 Å². The molecule has 0 aliphatic heterocycles. The average Bonchev–Trinajstić information content (AvgIpc) is 2.67. The van der Waals surface area contributed by atoms with Gasteiger partial charge in [0.05, 0.1) is 11.1 Å². The van der Waals surface area contributed by atoms with Gasteiger partial charge < -0.3 is 0 Å². The summed E-state index contributed by atoms with van der Waals surface area (Å²) < 4.78 is 124. The van der Waals surface area contributed by atoms with E-state index in [1.54, 1.807) is 6.92 Å². The normalized spacial score (nSPS) is 11.8. The molecule has 33 heavy (non-hydrogen) atoms. The molecule has 0 saturated carbocycles. The van der Waals surface area contributed by atoms with Crippen molar-refractivity contribution in [1.29, 1.82) is 0 Å². The number of aryl methyl sites for hydroxylation is 2. The molecule has 3 aromatic rings. The van der Waals surface area contributed by atoms with Crippen molar-refractivity contribution in [3.05, 3.63) is 87.5 Å². The molecule has 1 radical (unpaired) electrons. The predicted molar refractivity (Wildman–Crippen MR) is 100.0 cm³/mol. The molecule has 0 heterocycles. The molecule has 0 N–H and O–H groups in total. The second-order valence-electron chi connectivity index (χ2n) is 7.24. The Balaban J connectivity index is 2.02. The summed E-state index contributed by atoms with van der Waals surface area (Å²) in [5.41, 5.74) is -5.10. The first-order chi connectivity index (χ1) is 15.3. The summed E-state index contributed by atoms with van der Waals surface area (Å²) >= 11 is 0. The number of rotatable bonds is 5. The molecule has 0 aliphatic rings. The first-order valence-corrected chi connectivity index (χ1v) is 9.56. The number of hydrogen-bond donors (Lipinski definition) is 0. The lowest BCUT2D eigenvalue weighted by molar-refractivity contribution is -0.142. The number of hydrogen-bond acceptors (Lipinski definition) is 0. The third-order valence-corrected chi connectivity index (χ3v) is 5.09. The van der Waals surface area contributed by atoms with Gasteiger partial charge in [-0.2, -0.15) is 13.2 Å². The van der Waals surface area contributed by atoms with Crippen molar-refractivity contribution in [2.75, 3.05) is 0 Å². The fourth-order valence-electron chi connectivity index (χ4n) is 3.48. The molecule has 0 amide bonds. The van der Waals surface area contributed by atoms with Crippen LogP contribution >= 0.6 is 0 Å². The van der Waals surface area contributed by atoms with Gasteiger partial charge in [-0.1, -0.05) is 6.92 Å². The number of benzene rings is 3. The molecule has 0 saturated heterocycles. The molecule has 175 valence electrons. The Kier molecular flexibility index (Phi) is 6.67. The van der Waals surface area contributed by atoms with Crippen molar-refractivity contribution >= 4 is 0 Å². The molecule has 1 nitrogen and oxygen atoms in total. The van der Waals surface area contributed by atoms with Crippen LogP contribution < -0.4 is 0 Å². The molecule has 10 heteroatoms. The van der Waals surface area contributed by atoms with Gasteiger partial charge in [0.15, 0.2) is 5.75 Å². The molecule has 0 aromatic heterocycles. The number of alkyl halides is 3. The smallest absolute Gasteiger partial charge is 0.289 e. The van der Waals surface area contributed by atoms with E-state index >= 15 is 4.39 Å². The fourth-order valence-corrected chi connectivity index (χ4v) is 3.48. The van der Waals surface area contributed by atoms with E-state index in [9.17, 15) is 40.2 Å². The molecule has 0 spiro atoms. The van der Waals surface area contributed by atoms with Gasteiger partial charge in [-0.05, 0) is 54.7 Å². The highest BCUT2D eigenvalue weighted by Gasteiger charge is 2.38. The maximum Gasteiger partial charge on any atom is 0.422 e. The Morgan fingerprint density at radius 3 is 1.67 bits per heavy atom. The second kappa shape index (κ2) is 8.99. The van der Waals surface area contributed by atoms with E-state index in [-0.39, 0.29) is 17.5 Å². The van der Waals surface area contributed by atoms with Crippen LogP contribution in [0.5, 0.6) is 5.75 Å². The highest BCUT2D eigenvalue weighted by molar-refractivity contribution is 5.73. The van der Waals surface area contributed by atoms with Gasteiger partial charge in [0.1, 0.15) is 40.5 Å². The fraction of sp³-hybridized carbons (Fsp3) is 0.217. The second-order valence-corrected chi connectivity index (χ2v) is 7.24. The third kappa shape index (κ3) is 4.79. The zero-order valence-corrected chi connectivity index (χ0v) is 16.8. The van der Waals surface area contributed by atoms with Crippen molar-refractivity contribution in [1.82, 2.24) is 0 Å². The first kappa shape index (κ1) is 24.5. The van der Waals surface area contributed by atoms with E-state index in [1.807, 2.05) is 0 Å². The molecule has 0 unspecified atom stereocenters. The van der Waals surface area contributed by atoms with Crippen LogP contribution in [0.25, 0.3) is 11.1 Å². The van der Waals surface area contributed by atoms with Crippen LogP contribution in [0.15, 0.2) is 30.3 Å². The van der Waals surface area contributed by atoms with Crippen LogP contribution in [0, 0.1) is 34.9 Å². The van der Waals surface area contributed by atoms with Gasteiger partial charge in [-0.25, -0.2) is 26.3 Å². The average molecular weight is 477 g/mol. The van der Waals surface area contributed by atoms with E-state index in [0.717, 1.165) is 12.1 Å². The summed E-state index contributed by atoms with van der Waals surface area (Å²) in [4.78, 5) is 0. The lowest BCUT2D eigenvalue weighted by Crippen LogP contribution is -2.12. The quantitative estimate of drug-likeness (QED) is 0.336. The van der Waals surface area contributed by atoms with Crippen LogP contribution in [0.4, 0.5) is 39.5 Å². The summed E-state index contributed by atoms with van der Waals surface area (Å²) in [6, 6.07) is 2.84. The SMILES string of the molecule is CCc1cc(F)c(-c2c([O])cc(F)c(CCc3cc(F)c(C(F)(F)F)c(F)c3)c2F)c(F)c1. The van der Waals surface area contributed by atoms with E-state index in [2.05, 4.69) is 0 Å². The topological polar surface area (TPSA) is 19.9 Å². The van der Waals surface area contributed by atoms with Gasteiger partial charge in [0.25, 0.3) is 0 Å². The van der Waals surface area contributed by atoms with Gasteiger partial charge >= 0.3 is 6.18 Å². The van der Waals surface area contributed by atoms with Gasteiger partial charge in [-0.15, -0.1) is 0 Å². The first-order valence-electron chi connectivity index (χ1n) is 9.56. The minimum Gasteiger partial charge on any atom is -0.289 e. The standard InChI is InChI=1S/C23H14F9O/c1-2-10-5-14(25)19(15(26)6-10)20-18(33)9-13(24)12(22(20)29)4-3-11-7-16(27)21(17(28)8-11)23(30,31)32/h5-9H,2-4H2,1H3. The van der Waals surface area contributed by atoms with Crippen LogP contribution in [-0.4, -0.2) is 0 Å². The molecular weight excluding hydrogens is 463 g/mol. The summed E-state index contributed by atoms with van der Waals surface area (Å²) in [5, 5.41) is 12.1. The molecule has 0 fully saturated rings. The Morgan fingerprint density at radius 2 is 1.18 bits per heavy atom. The van der Waals surface area contributed by atoms with Gasteiger partial charge in [0.2, 0.25) is 0 Å². The third-order valence-electron chi connectivity index (χ3n) is 5.09. The summed E-state index contributed by atoms with van der Waals surface area (Å²) in [5.74, 6) is -10.6. The number of halogens is 9. The Hall–Kier alpha value is -3.17. The maximum atomic E-state index is 15.0. The molecule has 0 aliphatic carbocycles. The van der Waals surface area contributed by atoms with Crippen LogP contribution in [0.3, 0.4) is 0 Å². The van der Waals surface area contributed by atoms with Crippen molar-refractivity contribution < 1.29 is 44.6 Å². The molecule has 0 bridgehead atoms. The maximum absolute atomic E-state index is 15.0. The largest absolute Gasteiger partial charge is 0.422 e. The minimum absolute atomic E-state index is 0.232. The highest BCUT2D eigenvalue weighted by atomic mass is 19.4. The van der Waals surface area contributed by atoms with Crippen molar-refractivity contribution in [2.24, 2.45) is 0 Å².